The molecule has 1 rings (SSSR count). The average molecular weight is 325 g/mol. The fourth-order valence-corrected chi connectivity index (χ4v) is 4.99. The fourth-order valence-electron chi connectivity index (χ4n) is 2.25. The highest BCUT2D eigenvalue weighted by Crippen LogP contribution is 2.14. The summed E-state index contributed by atoms with van der Waals surface area (Å²) in [4.78, 5) is 0. The first-order chi connectivity index (χ1) is 10.7. The molecule has 22 heavy (non-hydrogen) atoms. The molecule has 3 nitrogen and oxygen atoms in total. The Morgan fingerprint density at radius 1 is 0.682 bits per heavy atom. The molecule has 0 N–H and O–H groups in total. The molecule has 0 aliphatic heterocycles. The molecular weight excluding hydrogens is 292 g/mol. The number of aryl methyl sites for hydroxylation is 1. The van der Waals surface area contributed by atoms with Crippen LogP contribution in [0.3, 0.4) is 0 Å². The maximum atomic E-state index is 6.16. The molecule has 0 aliphatic carbocycles. The van der Waals surface area contributed by atoms with E-state index in [2.05, 4.69) is 52.0 Å². The Balaban J connectivity index is 3.01. The summed E-state index contributed by atoms with van der Waals surface area (Å²) in [5.41, 5.74) is 1.36. The van der Waals surface area contributed by atoms with Crippen LogP contribution in [0, 0.1) is 0 Å². The molecule has 0 amide bonds. The topological polar surface area (TPSA) is 27.7 Å². The number of benzene rings is 1. The maximum Gasteiger partial charge on any atom is 0.537 e. The molecule has 0 aliphatic rings. The van der Waals surface area contributed by atoms with Gasteiger partial charge >= 0.3 is 8.80 Å². The first-order valence-electron chi connectivity index (χ1n) is 8.73. The standard InChI is InChI=1S/C18H32O3Si/c1-5-9-17-10-12-18(13-11-17)22(19-14-6-2,20-15-7-3)21-16-8-4/h10-13H,5-9,14-16H2,1-4H3. The molecule has 1 aromatic rings. The fraction of sp³-hybridized carbons (Fsp3) is 0.667. The van der Waals surface area contributed by atoms with Crippen LogP contribution < -0.4 is 5.19 Å². The molecule has 4 heteroatoms. The van der Waals surface area contributed by atoms with Gasteiger partial charge in [-0.05, 0) is 31.2 Å². The molecule has 0 fully saturated rings. The molecule has 0 saturated heterocycles. The summed E-state index contributed by atoms with van der Waals surface area (Å²) in [7, 11) is -2.78. The van der Waals surface area contributed by atoms with Crippen molar-refractivity contribution < 1.29 is 13.3 Å². The van der Waals surface area contributed by atoms with Crippen molar-refractivity contribution >= 4 is 14.0 Å². The molecular formula is C18H32O3Si. The summed E-state index contributed by atoms with van der Waals surface area (Å²) in [5, 5.41) is 1.09. The molecule has 1 aromatic carbocycles. The normalized spacial score (nSPS) is 11.8. The van der Waals surface area contributed by atoms with Crippen molar-refractivity contribution in [3.63, 3.8) is 0 Å². The zero-order valence-electron chi connectivity index (χ0n) is 14.7. The van der Waals surface area contributed by atoms with E-state index in [1.54, 1.807) is 0 Å². The minimum absolute atomic E-state index is 0.677. The van der Waals surface area contributed by atoms with E-state index in [1.807, 2.05) is 0 Å². The quantitative estimate of drug-likeness (QED) is 0.543. The summed E-state index contributed by atoms with van der Waals surface area (Å²) < 4.78 is 18.5. The van der Waals surface area contributed by atoms with Gasteiger partial charge in [-0.3, -0.25) is 0 Å². The highest BCUT2D eigenvalue weighted by molar-refractivity contribution is 6.75. The Morgan fingerprint density at radius 3 is 1.50 bits per heavy atom. The van der Waals surface area contributed by atoms with Gasteiger partial charge in [0.1, 0.15) is 0 Å². The second-order valence-corrected chi connectivity index (χ2v) is 8.10. The molecule has 0 atom stereocenters. The summed E-state index contributed by atoms with van der Waals surface area (Å²) in [6, 6.07) is 8.64. The van der Waals surface area contributed by atoms with E-state index < -0.39 is 8.80 Å². The van der Waals surface area contributed by atoms with Gasteiger partial charge < -0.3 is 13.3 Å². The monoisotopic (exact) mass is 324 g/mol. The van der Waals surface area contributed by atoms with Gasteiger partial charge in [-0.1, -0.05) is 58.4 Å². The third-order valence-electron chi connectivity index (χ3n) is 3.33. The van der Waals surface area contributed by atoms with E-state index in [4.69, 9.17) is 13.3 Å². The zero-order chi connectivity index (χ0) is 16.3. The highest BCUT2D eigenvalue weighted by atomic mass is 28.4. The van der Waals surface area contributed by atoms with Gasteiger partial charge in [-0.2, -0.15) is 0 Å². The van der Waals surface area contributed by atoms with Crippen LogP contribution in [0.4, 0.5) is 0 Å². The third-order valence-corrected chi connectivity index (χ3v) is 6.13. The first kappa shape index (κ1) is 19.4. The van der Waals surface area contributed by atoms with Gasteiger partial charge in [0.2, 0.25) is 0 Å². The lowest BCUT2D eigenvalue weighted by Crippen LogP contribution is -2.57. The Kier molecular flexibility index (Phi) is 9.63. The second-order valence-electron chi connectivity index (χ2n) is 5.55. The predicted molar refractivity (Wildman–Crippen MR) is 94.6 cm³/mol. The van der Waals surface area contributed by atoms with Crippen LogP contribution in [0.5, 0.6) is 0 Å². The summed E-state index contributed by atoms with van der Waals surface area (Å²) in [6.45, 7) is 10.6. The summed E-state index contributed by atoms with van der Waals surface area (Å²) >= 11 is 0. The van der Waals surface area contributed by atoms with E-state index in [9.17, 15) is 0 Å². The third kappa shape index (κ3) is 5.84. The lowest BCUT2D eigenvalue weighted by Gasteiger charge is -2.30. The van der Waals surface area contributed by atoms with Crippen molar-refractivity contribution in [1.29, 1.82) is 0 Å². The van der Waals surface area contributed by atoms with Crippen molar-refractivity contribution in [2.24, 2.45) is 0 Å². The van der Waals surface area contributed by atoms with E-state index in [1.165, 1.54) is 5.56 Å². The van der Waals surface area contributed by atoms with E-state index in [0.29, 0.717) is 19.8 Å². The van der Waals surface area contributed by atoms with Crippen LogP contribution in [0.1, 0.15) is 58.9 Å². The average Bonchev–Trinajstić information content (AvgIpc) is 2.56. The Bertz CT molecular complexity index is 370. The van der Waals surface area contributed by atoms with Crippen LogP contribution in [0.15, 0.2) is 24.3 Å². The maximum absolute atomic E-state index is 6.16. The van der Waals surface area contributed by atoms with Gasteiger partial charge in [-0.25, -0.2) is 0 Å². The van der Waals surface area contributed by atoms with Crippen LogP contribution in [-0.2, 0) is 19.7 Å². The molecule has 0 spiro atoms. The molecule has 0 aromatic heterocycles. The molecule has 0 unspecified atom stereocenters. The molecule has 0 saturated carbocycles. The van der Waals surface area contributed by atoms with E-state index >= 15 is 0 Å². The Labute approximate surface area is 137 Å². The van der Waals surface area contributed by atoms with Crippen LogP contribution >= 0.6 is 0 Å². The van der Waals surface area contributed by atoms with Crippen LogP contribution in [0.25, 0.3) is 0 Å². The van der Waals surface area contributed by atoms with Gasteiger partial charge in [0.15, 0.2) is 0 Å². The molecule has 0 radical (unpaired) electrons. The largest absolute Gasteiger partial charge is 0.537 e. The second kappa shape index (κ2) is 10.9. The number of hydrogen-bond donors (Lipinski definition) is 0. The lowest BCUT2D eigenvalue weighted by molar-refractivity contribution is 0.0732. The Hall–Kier alpha value is -0.683. The lowest BCUT2D eigenvalue weighted by atomic mass is 10.1. The van der Waals surface area contributed by atoms with Gasteiger partial charge in [0.05, 0.1) is 0 Å². The SMILES string of the molecule is CCCO[Si](OCCC)(OCCC)c1ccc(CCC)cc1. The summed E-state index contributed by atoms with van der Waals surface area (Å²) in [6.07, 6.45) is 5.16. The van der Waals surface area contributed by atoms with Gasteiger partial charge in [0.25, 0.3) is 0 Å². The number of hydrogen-bond acceptors (Lipinski definition) is 3. The minimum Gasteiger partial charge on any atom is -0.370 e. The van der Waals surface area contributed by atoms with Crippen LogP contribution in [0.2, 0.25) is 0 Å². The smallest absolute Gasteiger partial charge is 0.370 e. The van der Waals surface area contributed by atoms with Gasteiger partial charge in [-0.15, -0.1) is 0 Å². The molecule has 0 bridgehead atoms. The van der Waals surface area contributed by atoms with Crippen molar-refractivity contribution in [3.8, 4) is 0 Å². The first-order valence-corrected chi connectivity index (χ1v) is 10.5. The zero-order valence-corrected chi connectivity index (χ0v) is 15.7. The van der Waals surface area contributed by atoms with Crippen molar-refractivity contribution in [1.82, 2.24) is 0 Å². The van der Waals surface area contributed by atoms with Gasteiger partial charge in [0, 0.05) is 25.0 Å². The highest BCUT2D eigenvalue weighted by Gasteiger charge is 2.43. The van der Waals surface area contributed by atoms with Crippen molar-refractivity contribution in [2.75, 3.05) is 19.8 Å². The van der Waals surface area contributed by atoms with Crippen molar-refractivity contribution in [3.05, 3.63) is 29.8 Å². The molecule has 126 valence electrons. The van der Waals surface area contributed by atoms with E-state index in [-0.39, 0.29) is 0 Å². The number of rotatable bonds is 12. The van der Waals surface area contributed by atoms with Crippen molar-refractivity contribution in [2.45, 2.75) is 59.8 Å². The van der Waals surface area contributed by atoms with E-state index in [0.717, 1.165) is 37.3 Å². The predicted octanol–water partition coefficient (Wildman–Crippen LogP) is 4.06. The molecule has 0 heterocycles. The Morgan fingerprint density at radius 2 is 1.14 bits per heavy atom. The summed E-state index contributed by atoms with van der Waals surface area (Å²) in [5.74, 6) is 0. The minimum atomic E-state index is -2.78. The van der Waals surface area contributed by atoms with Crippen LogP contribution in [-0.4, -0.2) is 28.6 Å².